The molecule has 1 N–H and O–H groups in total. The number of ketones is 1. The quantitative estimate of drug-likeness (QED) is 0.715. The molecule has 70 valence electrons. The SMILES string of the molecule is CC(=O)c1cncc(-c2cn[nH]n2)c1. The number of rotatable bonds is 2. The average Bonchev–Trinajstić information content (AvgIpc) is 2.71. The molecule has 0 bridgehead atoms. The van der Waals surface area contributed by atoms with Crippen molar-refractivity contribution in [2.45, 2.75) is 6.92 Å². The van der Waals surface area contributed by atoms with Crippen LogP contribution in [0.5, 0.6) is 0 Å². The molecule has 0 aromatic carbocycles. The second-order valence-corrected chi connectivity index (χ2v) is 2.87. The molecule has 0 saturated heterocycles. The van der Waals surface area contributed by atoms with E-state index >= 15 is 0 Å². The summed E-state index contributed by atoms with van der Waals surface area (Å²) in [6, 6.07) is 1.74. The third-order valence-corrected chi connectivity index (χ3v) is 1.86. The van der Waals surface area contributed by atoms with Gasteiger partial charge >= 0.3 is 0 Å². The van der Waals surface area contributed by atoms with E-state index in [9.17, 15) is 4.79 Å². The van der Waals surface area contributed by atoms with Crippen LogP contribution in [-0.4, -0.2) is 26.2 Å². The molecule has 0 amide bonds. The van der Waals surface area contributed by atoms with Gasteiger partial charge in [0.1, 0.15) is 5.69 Å². The van der Waals surface area contributed by atoms with Crippen molar-refractivity contribution in [3.8, 4) is 11.3 Å². The lowest BCUT2D eigenvalue weighted by Gasteiger charge is -1.97. The highest BCUT2D eigenvalue weighted by atomic mass is 16.1. The molecule has 0 atom stereocenters. The molecule has 2 heterocycles. The van der Waals surface area contributed by atoms with Crippen LogP contribution in [0.3, 0.4) is 0 Å². The van der Waals surface area contributed by atoms with Gasteiger partial charge in [0.25, 0.3) is 0 Å². The van der Waals surface area contributed by atoms with E-state index in [2.05, 4.69) is 20.4 Å². The third-order valence-electron chi connectivity index (χ3n) is 1.86. The van der Waals surface area contributed by atoms with Gasteiger partial charge in [-0.05, 0) is 13.0 Å². The summed E-state index contributed by atoms with van der Waals surface area (Å²) < 4.78 is 0. The van der Waals surface area contributed by atoms with E-state index in [4.69, 9.17) is 0 Å². The summed E-state index contributed by atoms with van der Waals surface area (Å²) in [4.78, 5) is 15.0. The zero-order chi connectivity index (χ0) is 9.97. The number of H-pyrrole nitrogens is 1. The van der Waals surface area contributed by atoms with Gasteiger partial charge in [-0.2, -0.15) is 15.4 Å². The van der Waals surface area contributed by atoms with Gasteiger partial charge in [0.05, 0.1) is 6.20 Å². The first-order chi connectivity index (χ1) is 6.77. The topological polar surface area (TPSA) is 71.5 Å². The van der Waals surface area contributed by atoms with E-state index in [1.165, 1.54) is 13.1 Å². The minimum Gasteiger partial charge on any atom is -0.294 e. The van der Waals surface area contributed by atoms with Crippen molar-refractivity contribution in [2.75, 3.05) is 0 Å². The van der Waals surface area contributed by atoms with Crippen molar-refractivity contribution in [1.29, 1.82) is 0 Å². The van der Waals surface area contributed by atoms with E-state index in [1.807, 2.05) is 0 Å². The van der Waals surface area contributed by atoms with Crippen LogP contribution in [-0.2, 0) is 0 Å². The molecule has 0 aliphatic heterocycles. The summed E-state index contributed by atoms with van der Waals surface area (Å²) in [7, 11) is 0. The van der Waals surface area contributed by atoms with Crippen molar-refractivity contribution in [1.82, 2.24) is 20.4 Å². The van der Waals surface area contributed by atoms with Crippen LogP contribution in [0.15, 0.2) is 24.7 Å². The molecule has 0 unspecified atom stereocenters. The zero-order valence-corrected chi connectivity index (χ0v) is 7.56. The molecule has 2 aromatic rings. The smallest absolute Gasteiger partial charge is 0.161 e. The number of pyridine rings is 1. The maximum Gasteiger partial charge on any atom is 0.161 e. The van der Waals surface area contributed by atoms with E-state index in [1.54, 1.807) is 18.5 Å². The molecule has 0 spiro atoms. The Balaban J connectivity index is 2.46. The predicted octanol–water partition coefficient (Wildman–Crippen LogP) is 1.07. The second-order valence-electron chi connectivity index (χ2n) is 2.87. The van der Waals surface area contributed by atoms with Crippen LogP contribution < -0.4 is 0 Å². The van der Waals surface area contributed by atoms with Crippen molar-refractivity contribution >= 4 is 5.78 Å². The highest BCUT2D eigenvalue weighted by Crippen LogP contribution is 2.15. The predicted molar refractivity (Wildman–Crippen MR) is 49.6 cm³/mol. The number of nitrogens with one attached hydrogen (secondary N) is 1. The van der Waals surface area contributed by atoms with Gasteiger partial charge in [0.2, 0.25) is 0 Å². The lowest BCUT2D eigenvalue weighted by atomic mass is 10.1. The number of Topliss-reactive ketones (excluding diaryl/α,β-unsaturated/α-hetero) is 1. The van der Waals surface area contributed by atoms with E-state index < -0.39 is 0 Å². The van der Waals surface area contributed by atoms with Gasteiger partial charge in [-0.15, -0.1) is 0 Å². The lowest BCUT2D eigenvalue weighted by molar-refractivity contribution is 0.101. The van der Waals surface area contributed by atoms with Gasteiger partial charge in [-0.1, -0.05) is 0 Å². The first kappa shape index (κ1) is 8.55. The summed E-state index contributed by atoms with van der Waals surface area (Å²) in [6.07, 6.45) is 4.76. The Bertz CT molecular complexity index is 450. The third kappa shape index (κ3) is 1.52. The molecule has 0 aliphatic rings. The maximum atomic E-state index is 11.1. The summed E-state index contributed by atoms with van der Waals surface area (Å²) in [5.41, 5.74) is 2.04. The standard InChI is InChI=1S/C9H8N4O/c1-6(14)7-2-8(4-10-3-7)9-5-11-13-12-9/h2-5H,1H3,(H,11,12,13). The highest BCUT2D eigenvalue weighted by Gasteiger charge is 2.04. The zero-order valence-electron chi connectivity index (χ0n) is 7.56. The fourth-order valence-corrected chi connectivity index (χ4v) is 1.11. The van der Waals surface area contributed by atoms with Crippen molar-refractivity contribution in [2.24, 2.45) is 0 Å². The molecule has 14 heavy (non-hydrogen) atoms. The molecular formula is C9H8N4O. The summed E-state index contributed by atoms with van der Waals surface area (Å²) >= 11 is 0. The van der Waals surface area contributed by atoms with Gasteiger partial charge in [-0.3, -0.25) is 9.78 Å². The Morgan fingerprint density at radius 2 is 2.21 bits per heavy atom. The lowest BCUT2D eigenvalue weighted by Crippen LogP contribution is -1.93. The number of carbonyl (C=O) groups excluding carboxylic acids is 1. The van der Waals surface area contributed by atoms with Crippen molar-refractivity contribution in [3.63, 3.8) is 0 Å². The fourth-order valence-electron chi connectivity index (χ4n) is 1.11. The van der Waals surface area contributed by atoms with E-state index in [-0.39, 0.29) is 5.78 Å². The number of nitrogens with zero attached hydrogens (tertiary/aromatic N) is 3. The number of aromatic amines is 1. The van der Waals surface area contributed by atoms with Gasteiger partial charge in [-0.25, -0.2) is 0 Å². The van der Waals surface area contributed by atoms with Crippen LogP contribution in [0.1, 0.15) is 17.3 Å². The molecule has 5 heteroatoms. The molecule has 0 radical (unpaired) electrons. The van der Waals surface area contributed by atoms with Crippen LogP contribution >= 0.6 is 0 Å². The summed E-state index contributed by atoms with van der Waals surface area (Å²) in [5, 5.41) is 10.1. The molecule has 0 fully saturated rings. The van der Waals surface area contributed by atoms with Crippen LogP contribution in [0.25, 0.3) is 11.3 Å². The average molecular weight is 188 g/mol. The molecule has 5 nitrogen and oxygen atoms in total. The number of hydrogen-bond donors (Lipinski definition) is 1. The molecular weight excluding hydrogens is 180 g/mol. The summed E-state index contributed by atoms with van der Waals surface area (Å²) in [6.45, 7) is 1.50. The monoisotopic (exact) mass is 188 g/mol. The van der Waals surface area contributed by atoms with Gasteiger partial charge < -0.3 is 0 Å². The van der Waals surface area contributed by atoms with Crippen molar-refractivity contribution in [3.05, 3.63) is 30.2 Å². The van der Waals surface area contributed by atoms with Crippen LogP contribution in [0.2, 0.25) is 0 Å². The Hall–Kier alpha value is -2.04. The maximum absolute atomic E-state index is 11.1. The van der Waals surface area contributed by atoms with E-state index in [0.29, 0.717) is 11.3 Å². The van der Waals surface area contributed by atoms with Crippen LogP contribution in [0.4, 0.5) is 0 Å². The summed E-state index contributed by atoms with van der Waals surface area (Å²) in [5.74, 6) is -0.0113. The molecule has 2 rings (SSSR count). The Morgan fingerprint density at radius 3 is 2.86 bits per heavy atom. The Kier molecular flexibility index (Phi) is 2.06. The normalized spacial score (nSPS) is 10.1. The Labute approximate surface area is 80.2 Å². The second kappa shape index (κ2) is 3.37. The molecule has 2 aromatic heterocycles. The van der Waals surface area contributed by atoms with Crippen LogP contribution in [0, 0.1) is 0 Å². The van der Waals surface area contributed by atoms with Gasteiger partial charge in [0.15, 0.2) is 5.78 Å². The van der Waals surface area contributed by atoms with Gasteiger partial charge in [0, 0.05) is 23.5 Å². The first-order valence-corrected chi connectivity index (χ1v) is 4.09. The number of aromatic nitrogens is 4. The van der Waals surface area contributed by atoms with E-state index in [0.717, 1.165) is 5.56 Å². The first-order valence-electron chi connectivity index (χ1n) is 4.09. The minimum atomic E-state index is -0.0113. The number of hydrogen-bond acceptors (Lipinski definition) is 4. The Morgan fingerprint density at radius 1 is 1.36 bits per heavy atom. The fraction of sp³-hybridized carbons (Fsp3) is 0.111. The van der Waals surface area contributed by atoms with Crippen molar-refractivity contribution < 1.29 is 4.79 Å². The highest BCUT2D eigenvalue weighted by molar-refractivity contribution is 5.94. The molecule has 0 saturated carbocycles. The molecule has 0 aliphatic carbocycles. The largest absolute Gasteiger partial charge is 0.294 e. The minimum absolute atomic E-state index is 0.0113. The number of carbonyl (C=O) groups is 1.